The number of nitrogens with zero attached hydrogens (tertiary/aromatic N) is 5. The fourth-order valence-corrected chi connectivity index (χ4v) is 3.78. The van der Waals surface area contributed by atoms with Crippen molar-refractivity contribution in [3.05, 3.63) is 36.4 Å². The van der Waals surface area contributed by atoms with Gasteiger partial charge in [-0.1, -0.05) is 0 Å². The number of anilines is 3. The first kappa shape index (κ1) is 18.7. The second kappa shape index (κ2) is 7.86. The van der Waals surface area contributed by atoms with Gasteiger partial charge >= 0.3 is 0 Å². The molecule has 10 heteroatoms. The maximum Gasteiger partial charge on any atom is 0.276 e. The second-order valence-corrected chi connectivity index (χ2v) is 8.08. The molecule has 0 saturated heterocycles. The molecule has 0 atom stereocenters. The van der Waals surface area contributed by atoms with Gasteiger partial charge in [0.15, 0.2) is 11.3 Å². The van der Waals surface area contributed by atoms with Crippen LogP contribution in [0, 0.1) is 0 Å². The van der Waals surface area contributed by atoms with E-state index >= 15 is 0 Å². The van der Waals surface area contributed by atoms with E-state index in [1.54, 1.807) is 16.8 Å². The molecule has 3 aromatic heterocycles. The van der Waals surface area contributed by atoms with Crippen LogP contribution in [0.25, 0.3) is 5.65 Å². The molecule has 0 radical (unpaired) electrons. The smallest absolute Gasteiger partial charge is 0.276 e. The maximum atomic E-state index is 12.9. The van der Waals surface area contributed by atoms with Crippen LogP contribution < -0.4 is 21.7 Å². The van der Waals surface area contributed by atoms with Gasteiger partial charge in [0, 0.05) is 24.2 Å². The topological polar surface area (TPSA) is 135 Å². The SMILES string of the molecule is N[C@H]1CC[C@H](Nc2cc(NC3CC3)c3ncc(C(=O)Nc4ccnnc4)n3n2)CC1. The number of amides is 1. The quantitative estimate of drug-likeness (QED) is 0.487. The van der Waals surface area contributed by atoms with Crippen molar-refractivity contribution in [1.82, 2.24) is 24.8 Å². The van der Waals surface area contributed by atoms with Gasteiger partial charge in [-0.2, -0.15) is 10.2 Å². The minimum absolute atomic E-state index is 0.289. The molecule has 0 spiro atoms. The van der Waals surface area contributed by atoms with Crippen LogP contribution in [0.2, 0.25) is 0 Å². The van der Waals surface area contributed by atoms with E-state index in [0.29, 0.717) is 29.1 Å². The summed E-state index contributed by atoms with van der Waals surface area (Å²) < 4.78 is 1.60. The van der Waals surface area contributed by atoms with Crippen LogP contribution in [0.3, 0.4) is 0 Å². The largest absolute Gasteiger partial charge is 0.379 e. The first-order valence-electron chi connectivity index (χ1n) is 10.4. The van der Waals surface area contributed by atoms with Crippen LogP contribution in [0.15, 0.2) is 30.7 Å². The maximum absolute atomic E-state index is 12.9. The molecule has 2 saturated carbocycles. The highest BCUT2D eigenvalue weighted by Gasteiger charge is 2.25. The van der Waals surface area contributed by atoms with Crippen LogP contribution in [0.1, 0.15) is 49.0 Å². The summed E-state index contributed by atoms with van der Waals surface area (Å²) in [6.45, 7) is 0. The lowest BCUT2D eigenvalue weighted by Crippen LogP contribution is -2.33. The predicted molar refractivity (Wildman–Crippen MR) is 113 cm³/mol. The lowest BCUT2D eigenvalue weighted by molar-refractivity contribution is 0.102. The van der Waals surface area contributed by atoms with Crippen LogP contribution in [-0.4, -0.2) is 48.8 Å². The molecule has 2 aliphatic carbocycles. The molecule has 0 unspecified atom stereocenters. The standard InChI is InChI=1S/C20H25N9O/c21-12-1-3-14(4-2-12)26-18-9-16(25-13-5-6-13)19-22-11-17(29(19)28-18)20(30)27-15-7-8-23-24-10-15/h7-14,25H,1-6,21H2,(H,26,28)(H,23,27,30)/t12-,14-. The number of hydrogen-bond donors (Lipinski definition) is 4. The Hall–Kier alpha value is -3.27. The zero-order chi connectivity index (χ0) is 20.5. The molecule has 5 rings (SSSR count). The van der Waals surface area contributed by atoms with Gasteiger partial charge in [0.05, 0.1) is 30.0 Å². The summed E-state index contributed by atoms with van der Waals surface area (Å²) in [5.74, 6) is 0.421. The van der Waals surface area contributed by atoms with Crippen molar-refractivity contribution in [2.75, 3.05) is 16.0 Å². The summed E-state index contributed by atoms with van der Waals surface area (Å²) in [4.78, 5) is 17.3. The number of rotatable bonds is 6. The third-order valence-corrected chi connectivity index (χ3v) is 5.60. The van der Waals surface area contributed by atoms with Gasteiger partial charge in [0.2, 0.25) is 0 Å². The Labute approximate surface area is 173 Å². The van der Waals surface area contributed by atoms with Gasteiger partial charge in [-0.3, -0.25) is 4.79 Å². The van der Waals surface area contributed by atoms with E-state index in [1.165, 1.54) is 12.4 Å². The Balaban J connectivity index is 1.45. The van der Waals surface area contributed by atoms with E-state index in [-0.39, 0.29) is 11.9 Å². The van der Waals surface area contributed by atoms with E-state index in [0.717, 1.165) is 50.0 Å². The average Bonchev–Trinajstić information content (AvgIpc) is 3.46. The monoisotopic (exact) mass is 407 g/mol. The van der Waals surface area contributed by atoms with Crippen molar-refractivity contribution in [3.8, 4) is 0 Å². The summed E-state index contributed by atoms with van der Waals surface area (Å²) >= 11 is 0. The summed E-state index contributed by atoms with van der Waals surface area (Å²) in [6.07, 6.45) is 10.9. The van der Waals surface area contributed by atoms with Gasteiger partial charge in [-0.25, -0.2) is 9.50 Å². The Morgan fingerprint density at radius 1 is 1.03 bits per heavy atom. The third-order valence-electron chi connectivity index (χ3n) is 5.60. The van der Waals surface area contributed by atoms with Gasteiger partial charge in [0.25, 0.3) is 5.91 Å². The van der Waals surface area contributed by atoms with Crippen molar-refractivity contribution >= 4 is 28.7 Å². The first-order chi connectivity index (χ1) is 14.7. The second-order valence-electron chi connectivity index (χ2n) is 8.08. The van der Waals surface area contributed by atoms with E-state index in [4.69, 9.17) is 5.73 Å². The Morgan fingerprint density at radius 3 is 2.53 bits per heavy atom. The van der Waals surface area contributed by atoms with Crippen LogP contribution in [0.4, 0.5) is 17.2 Å². The number of imidazole rings is 1. The molecule has 5 N–H and O–H groups in total. The number of nitrogens with two attached hydrogens (primary N) is 1. The zero-order valence-electron chi connectivity index (χ0n) is 16.6. The number of hydrogen-bond acceptors (Lipinski definition) is 8. The molecule has 3 aromatic rings. The molecule has 2 aliphatic rings. The first-order valence-corrected chi connectivity index (χ1v) is 10.4. The average molecular weight is 407 g/mol. The van der Waals surface area contributed by atoms with Crippen LogP contribution >= 0.6 is 0 Å². The molecule has 10 nitrogen and oxygen atoms in total. The van der Waals surface area contributed by atoms with Gasteiger partial charge in [0.1, 0.15) is 5.82 Å². The normalized spacial score (nSPS) is 21.4. The van der Waals surface area contributed by atoms with Crippen molar-refractivity contribution in [2.24, 2.45) is 5.73 Å². The highest BCUT2D eigenvalue weighted by atomic mass is 16.2. The van der Waals surface area contributed by atoms with Crippen molar-refractivity contribution in [3.63, 3.8) is 0 Å². The third kappa shape index (κ3) is 4.04. The van der Waals surface area contributed by atoms with Crippen LogP contribution in [-0.2, 0) is 0 Å². The summed E-state index contributed by atoms with van der Waals surface area (Å²) in [7, 11) is 0. The molecule has 0 aromatic carbocycles. The fourth-order valence-electron chi connectivity index (χ4n) is 3.78. The number of fused-ring (bicyclic) bond motifs is 1. The number of carbonyl (C=O) groups is 1. The predicted octanol–water partition coefficient (Wildman–Crippen LogP) is 2.03. The lowest BCUT2D eigenvalue weighted by atomic mass is 9.92. The Bertz CT molecular complexity index is 1040. The molecule has 0 bridgehead atoms. The van der Waals surface area contributed by atoms with Crippen molar-refractivity contribution in [1.29, 1.82) is 0 Å². The van der Waals surface area contributed by atoms with E-state index in [1.807, 2.05) is 6.07 Å². The molecule has 3 heterocycles. The lowest BCUT2D eigenvalue weighted by Gasteiger charge is -2.27. The van der Waals surface area contributed by atoms with E-state index < -0.39 is 0 Å². The Kier molecular flexibility index (Phi) is 4.91. The van der Waals surface area contributed by atoms with E-state index in [9.17, 15) is 4.79 Å². The fraction of sp³-hybridized carbons (Fsp3) is 0.450. The zero-order valence-corrected chi connectivity index (χ0v) is 16.6. The van der Waals surface area contributed by atoms with Crippen molar-refractivity contribution in [2.45, 2.75) is 56.7 Å². The molecule has 1 amide bonds. The molecule has 2 fully saturated rings. The number of aromatic nitrogens is 5. The number of carbonyl (C=O) groups excluding carboxylic acids is 1. The number of nitrogens with one attached hydrogen (secondary N) is 3. The summed E-state index contributed by atoms with van der Waals surface area (Å²) in [6, 6.07) is 4.74. The van der Waals surface area contributed by atoms with Gasteiger partial charge < -0.3 is 21.7 Å². The molecule has 30 heavy (non-hydrogen) atoms. The molecule has 156 valence electrons. The van der Waals surface area contributed by atoms with Gasteiger partial charge in [-0.05, 0) is 44.6 Å². The Morgan fingerprint density at radius 2 is 1.80 bits per heavy atom. The molecular weight excluding hydrogens is 382 g/mol. The minimum atomic E-state index is -0.304. The van der Waals surface area contributed by atoms with Gasteiger partial charge in [-0.15, -0.1) is 5.10 Å². The summed E-state index contributed by atoms with van der Waals surface area (Å²) in [5.41, 5.74) is 8.47. The van der Waals surface area contributed by atoms with Crippen LogP contribution in [0.5, 0.6) is 0 Å². The highest BCUT2D eigenvalue weighted by molar-refractivity contribution is 6.03. The minimum Gasteiger partial charge on any atom is -0.379 e. The molecule has 0 aliphatic heterocycles. The molecular formula is C20H25N9O. The summed E-state index contributed by atoms with van der Waals surface area (Å²) in [5, 5.41) is 22.1. The highest BCUT2D eigenvalue weighted by Crippen LogP contribution is 2.29. The van der Waals surface area contributed by atoms with Crippen molar-refractivity contribution < 1.29 is 4.79 Å². The van der Waals surface area contributed by atoms with E-state index in [2.05, 4.69) is 36.2 Å².